The van der Waals surface area contributed by atoms with Crippen LogP contribution >= 0.6 is 0 Å². The summed E-state index contributed by atoms with van der Waals surface area (Å²) in [4.78, 5) is 60.9. The summed E-state index contributed by atoms with van der Waals surface area (Å²) in [6, 6.07) is 6.63. The van der Waals surface area contributed by atoms with E-state index in [1.807, 2.05) is 0 Å². The van der Waals surface area contributed by atoms with Crippen LogP contribution in [0.1, 0.15) is 49.4 Å². The van der Waals surface area contributed by atoms with E-state index in [2.05, 4.69) is 16.1 Å². The third-order valence-electron chi connectivity index (χ3n) is 5.19. The highest BCUT2D eigenvalue weighted by atomic mass is 16.5. The predicted molar refractivity (Wildman–Crippen MR) is 104 cm³/mol. The van der Waals surface area contributed by atoms with Crippen LogP contribution < -0.4 is 16.1 Å². The number of esters is 1. The van der Waals surface area contributed by atoms with E-state index >= 15 is 0 Å². The van der Waals surface area contributed by atoms with Crippen LogP contribution in [-0.2, 0) is 19.1 Å². The maximum Gasteiger partial charge on any atom is 0.344 e. The number of nitrogens with zero attached hydrogens (tertiary/aromatic N) is 1. The summed E-state index contributed by atoms with van der Waals surface area (Å²) in [5.41, 5.74) is 1.60. The van der Waals surface area contributed by atoms with Gasteiger partial charge in [0.25, 0.3) is 17.7 Å². The highest BCUT2D eigenvalue weighted by molar-refractivity contribution is 6.08. The monoisotopic (exact) mass is 416 g/mol. The maximum absolute atomic E-state index is 12.6. The highest BCUT2D eigenvalue weighted by Crippen LogP contribution is 2.32. The maximum atomic E-state index is 12.6. The van der Waals surface area contributed by atoms with E-state index in [0.717, 1.165) is 19.3 Å². The molecule has 1 heterocycles. The van der Waals surface area contributed by atoms with Crippen molar-refractivity contribution in [3.8, 4) is 0 Å². The van der Waals surface area contributed by atoms with Crippen molar-refractivity contribution in [2.45, 2.75) is 50.6 Å². The lowest BCUT2D eigenvalue weighted by atomic mass is 9.82. The number of carbonyl (C=O) groups excluding carboxylic acids is 5. The van der Waals surface area contributed by atoms with Crippen molar-refractivity contribution in [3.05, 3.63) is 35.9 Å². The van der Waals surface area contributed by atoms with Gasteiger partial charge in [-0.2, -0.15) is 5.01 Å². The summed E-state index contributed by atoms with van der Waals surface area (Å²) in [6.07, 6.45) is 3.68. The van der Waals surface area contributed by atoms with Gasteiger partial charge in [0.05, 0.1) is 0 Å². The topological polar surface area (TPSA) is 134 Å². The zero-order valence-corrected chi connectivity index (χ0v) is 16.6. The number of benzene rings is 1. The lowest BCUT2D eigenvalue weighted by Crippen LogP contribution is -2.51. The Morgan fingerprint density at radius 3 is 2.47 bits per heavy atom. The molecule has 1 spiro atoms. The average Bonchev–Trinajstić information content (AvgIpc) is 2.96. The molecule has 5 amide bonds. The Bertz CT molecular complexity index is 850. The van der Waals surface area contributed by atoms with E-state index in [9.17, 15) is 24.0 Å². The number of hydrazine groups is 1. The zero-order valence-electron chi connectivity index (χ0n) is 16.6. The molecular formula is C20H24N4O6. The summed E-state index contributed by atoms with van der Waals surface area (Å²) >= 11 is 0. The average molecular weight is 416 g/mol. The van der Waals surface area contributed by atoms with Crippen LogP contribution in [0, 0.1) is 0 Å². The van der Waals surface area contributed by atoms with Crippen LogP contribution in [0.25, 0.3) is 0 Å². The molecule has 0 unspecified atom stereocenters. The van der Waals surface area contributed by atoms with Crippen LogP contribution in [0.3, 0.4) is 0 Å². The number of urea groups is 1. The van der Waals surface area contributed by atoms with Gasteiger partial charge >= 0.3 is 12.0 Å². The fourth-order valence-corrected chi connectivity index (χ4v) is 3.56. The largest absolute Gasteiger partial charge is 0.454 e. The lowest BCUT2D eigenvalue weighted by Gasteiger charge is -2.30. The molecule has 0 radical (unpaired) electrons. The van der Waals surface area contributed by atoms with Gasteiger partial charge in [0, 0.05) is 5.56 Å². The zero-order chi connectivity index (χ0) is 21.7. The Balaban J connectivity index is 1.47. The Kier molecular flexibility index (Phi) is 6.34. The molecule has 160 valence electrons. The van der Waals surface area contributed by atoms with Gasteiger partial charge in [-0.1, -0.05) is 37.5 Å². The first-order chi connectivity index (χ1) is 14.3. The Morgan fingerprint density at radius 2 is 1.80 bits per heavy atom. The van der Waals surface area contributed by atoms with Gasteiger partial charge in [-0.3, -0.25) is 19.8 Å². The van der Waals surface area contributed by atoms with E-state index in [0.29, 0.717) is 23.4 Å². The minimum Gasteiger partial charge on any atom is -0.454 e. The molecule has 1 aliphatic carbocycles. The molecule has 1 aliphatic heterocycles. The molecule has 10 heteroatoms. The second-order valence-electron chi connectivity index (χ2n) is 7.42. The number of hydrogen-bond donors (Lipinski definition) is 3. The summed E-state index contributed by atoms with van der Waals surface area (Å²) < 4.78 is 4.88. The van der Waals surface area contributed by atoms with Crippen LogP contribution in [0.5, 0.6) is 0 Å². The molecule has 1 saturated heterocycles. The standard InChI is InChI=1S/C20H24N4O6/c1-13(21-16(26)14-8-4-2-5-9-14)17(27)30-12-15(25)23-24-18(28)20(22-19(24)29)10-6-3-7-11-20/h2,4-5,8-9,13H,3,6-7,10-12H2,1H3,(H,21,26)(H,22,29)(H,23,25)/t13-/m0/s1. The molecule has 2 fully saturated rings. The number of hydrogen-bond acceptors (Lipinski definition) is 6. The SMILES string of the molecule is C[C@H](NC(=O)c1ccccc1)C(=O)OCC(=O)NN1C(=O)NC2(CCCCC2)C1=O. The molecule has 2 aliphatic rings. The van der Waals surface area contributed by atoms with E-state index in [1.165, 1.54) is 6.92 Å². The molecule has 3 rings (SSSR count). The first-order valence-corrected chi connectivity index (χ1v) is 9.81. The van der Waals surface area contributed by atoms with Crippen molar-refractivity contribution in [2.75, 3.05) is 6.61 Å². The first kappa shape index (κ1) is 21.3. The second kappa shape index (κ2) is 8.93. The molecule has 1 aromatic rings. The number of rotatable bonds is 6. The van der Waals surface area contributed by atoms with Crippen LogP contribution in [0.4, 0.5) is 4.79 Å². The fourth-order valence-electron chi connectivity index (χ4n) is 3.56. The fraction of sp³-hybridized carbons (Fsp3) is 0.450. The predicted octanol–water partition coefficient (Wildman–Crippen LogP) is 0.634. The Morgan fingerprint density at radius 1 is 1.13 bits per heavy atom. The molecule has 30 heavy (non-hydrogen) atoms. The van der Waals surface area contributed by atoms with Crippen molar-refractivity contribution in [1.29, 1.82) is 0 Å². The van der Waals surface area contributed by atoms with E-state index in [-0.39, 0.29) is 0 Å². The second-order valence-corrected chi connectivity index (χ2v) is 7.42. The summed E-state index contributed by atoms with van der Waals surface area (Å²) in [5.74, 6) is -2.62. The smallest absolute Gasteiger partial charge is 0.344 e. The van der Waals surface area contributed by atoms with E-state index in [1.54, 1.807) is 30.3 Å². The van der Waals surface area contributed by atoms with Crippen molar-refractivity contribution >= 4 is 29.7 Å². The van der Waals surface area contributed by atoms with Crippen molar-refractivity contribution in [1.82, 2.24) is 21.1 Å². The minimum atomic E-state index is -0.993. The van der Waals surface area contributed by atoms with E-state index < -0.39 is 47.9 Å². The Hall–Kier alpha value is -3.43. The van der Waals surface area contributed by atoms with Crippen LogP contribution in [0.15, 0.2) is 30.3 Å². The van der Waals surface area contributed by atoms with Crippen molar-refractivity contribution in [3.63, 3.8) is 0 Å². The van der Waals surface area contributed by atoms with Gasteiger partial charge in [-0.25, -0.2) is 9.59 Å². The third kappa shape index (κ3) is 4.58. The van der Waals surface area contributed by atoms with Crippen molar-refractivity contribution in [2.24, 2.45) is 0 Å². The highest BCUT2D eigenvalue weighted by Gasteiger charge is 2.52. The van der Waals surface area contributed by atoms with E-state index in [4.69, 9.17) is 4.74 Å². The Labute approximate surface area is 173 Å². The minimum absolute atomic E-state index is 0.380. The molecule has 1 aromatic carbocycles. The first-order valence-electron chi connectivity index (χ1n) is 9.81. The summed E-state index contributed by atoms with van der Waals surface area (Å²) in [7, 11) is 0. The molecule has 1 atom stereocenters. The molecule has 10 nitrogen and oxygen atoms in total. The number of ether oxygens (including phenoxy) is 1. The van der Waals surface area contributed by atoms with Gasteiger partial charge in [-0.15, -0.1) is 0 Å². The summed E-state index contributed by atoms with van der Waals surface area (Å²) in [5, 5.41) is 5.78. The molecule has 1 saturated carbocycles. The molecule has 0 bridgehead atoms. The number of nitrogens with one attached hydrogen (secondary N) is 3. The molecule has 3 N–H and O–H groups in total. The number of carbonyl (C=O) groups is 5. The molecular weight excluding hydrogens is 392 g/mol. The third-order valence-corrected chi connectivity index (χ3v) is 5.19. The lowest BCUT2D eigenvalue weighted by molar-refractivity contribution is -0.152. The van der Waals surface area contributed by atoms with Crippen molar-refractivity contribution < 1.29 is 28.7 Å². The van der Waals surface area contributed by atoms with Crippen LogP contribution in [0.2, 0.25) is 0 Å². The molecule has 0 aromatic heterocycles. The van der Waals surface area contributed by atoms with Gasteiger partial charge < -0.3 is 15.4 Å². The van der Waals surface area contributed by atoms with Gasteiger partial charge in [0.15, 0.2) is 6.61 Å². The van der Waals surface area contributed by atoms with Crippen LogP contribution in [-0.4, -0.2) is 52.9 Å². The normalized spacial score (nSPS) is 18.5. The summed E-state index contributed by atoms with van der Waals surface area (Å²) in [6.45, 7) is 0.722. The quantitative estimate of drug-likeness (QED) is 0.460. The number of amides is 5. The van der Waals surface area contributed by atoms with Gasteiger partial charge in [0.1, 0.15) is 11.6 Å². The number of imide groups is 1. The van der Waals surface area contributed by atoms with Gasteiger partial charge in [-0.05, 0) is 31.9 Å². The van der Waals surface area contributed by atoms with Gasteiger partial charge in [0.2, 0.25) is 0 Å².